The highest BCUT2D eigenvalue weighted by atomic mass is 19.1. The van der Waals surface area contributed by atoms with Gasteiger partial charge in [-0.1, -0.05) is 6.07 Å². The molecule has 0 aliphatic rings. The van der Waals surface area contributed by atoms with Crippen molar-refractivity contribution in [3.63, 3.8) is 0 Å². The number of carbonyl (C=O) groups is 1. The normalized spacial score (nSPS) is 10.6. The minimum absolute atomic E-state index is 0.183. The molecule has 1 aromatic carbocycles. The minimum Gasteiger partial charge on any atom is -0.491 e. The van der Waals surface area contributed by atoms with Crippen LogP contribution in [0.5, 0.6) is 5.75 Å². The molecule has 5 heteroatoms. The van der Waals surface area contributed by atoms with Gasteiger partial charge in [-0.3, -0.25) is 9.69 Å². The van der Waals surface area contributed by atoms with Gasteiger partial charge in [0.2, 0.25) is 0 Å². The summed E-state index contributed by atoms with van der Waals surface area (Å²) in [6, 6.07) is 4.81. The summed E-state index contributed by atoms with van der Waals surface area (Å²) in [4.78, 5) is 13.1. The molecule has 0 fully saturated rings. The zero-order valence-electron chi connectivity index (χ0n) is 11.6. The van der Waals surface area contributed by atoms with Gasteiger partial charge in [-0.05, 0) is 38.6 Å². The molecule has 0 aromatic heterocycles. The zero-order valence-corrected chi connectivity index (χ0v) is 11.6. The summed E-state index contributed by atoms with van der Waals surface area (Å²) in [7, 11) is 1.78. The Balaban J connectivity index is 2.57. The fraction of sp³-hybridized carbons (Fsp3) is 0.500. The Morgan fingerprint density at radius 3 is 2.63 bits per heavy atom. The van der Waals surface area contributed by atoms with Crippen molar-refractivity contribution in [3.8, 4) is 5.75 Å². The maximum Gasteiger partial charge on any atom is 0.320 e. The van der Waals surface area contributed by atoms with E-state index < -0.39 is 0 Å². The van der Waals surface area contributed by atoms with Gasteiger partial charge in [-0.25, -0.2) is 4.39 Å². The maximum atomic E-state index is 13.6. The fourth-order valence-electron chi connectivity index (χ4n) is 1.71. The smallest absolute Gasteiger partial charge is 0.320 e. The summed E-state index contributed by atoms with van der Waals surface area (Å²) in [5.41, 5.74) is 0.785. The molecule has 0 radical (unpaired) electrons. The molecule has 4 nitrogen and oxygen atoms in total. The molecule has 0 aliphatic carbocycles. The molecule has 1 aromatic rings. The van der Waals surface area contributed by atoms with E-state index >= 15 is 0 Å². The van der Waals surface area contributed by atoms with Gasteiger partial charge in [0.1, 0.15) is 0 Å². The van der Waals surface area contributed by atoms with E-state index in [4.69, 9.17) is 9.47 Å². The Kier molecular flexibility index (Phi) is 6.29. The quantitative estimate of drug-likeness (QED) is 0.711. The summed E-state index contributed by atoms with van der Waals surface area (Å²) < 4.78 is 23.6. The first kappa shape index (κ1) is 15.4. The van der Waals surface area contributed by atoms with Gasteiger partial charge in [0.25, 0.3) is 0 Å². The van der Waals surface area contributed by atoms with Crippen LogP contribution in [0.25, 0.3) is 0 Å². The Bertz CT molecular complexity index is 423. The number of ether oxygens (including phenoxy) is 2. The van der Waals surface area contributed by atoms with Crippen LogP contribution in [-0.4, -0.2) is 37.7 Å². The van der Waals surface area contributed by atoms with Crippen molar-refractivity contribution in [1.29, 1.82) is 0 Å². The third-order valence-corrected chi connectivity index (χ3v) is 2.45. The van der Waals surface area contributed by atoms with Crippen LogP contribution in [0, 0.1) is 5.82 Å². The zero-order chi connectivity index (χ0) is 14.3. The lowest BCUT2D eigenvalue weighted by Crippen LogP contribution is -2.27. The van der Waals surface area contributed by atoms with E-state index in [9.17, 15) is 9.18 Å². The lowest BCUT2D eigenvalue weighted by Gasteiger charge is -2.16. The fourth-order valence-corrected chi connectivity index (χ4v) is 1.71. The first-order valence-electron chi connectivity index (χ1n) is 6.32. The van der Waals surface area contributed by atoms with Crippen LogP contribution in [0.3, 0.4) is 0 Å². The second-order valence-corrected chi connectivity index (χ2v) is 4.18. The molecule has 0 atom stereocenters. The van der Waals surface area contributed by atoms with Crippen molar-refractivity contribution in [3.05, 3.63) is 29.6 Å². The van der Waals surface area contributed by atoms with Crippen LogP contribution in [-0.2, 0) is 16.1 Å². The molecule has 0 saturated carbocycles. The predicted octanol–water partition coefficient (Wildman–Crippen LogP) is 2.22. The highest BCUT2D eigenvalue weighted by molar-refractivity contribution is 5.71. The van der Waals surface area contributed by atoms with Gasteiger partial charge in [0, 0.05) is 6.54 Å². The summed E-state index contributed by atoms with van der Waals surface area (Å²) in [6.07, 6.45) is 0. The molecule has 0 bridgehead atoms. The Morgan fingerprint density at radius 1 is 1.32 bits per heavy atom. The van der Waals surface area contributed by atoms with E-state index in [0.717, 1.165) is 5.56 Å². The number of likely N-dealkylation sites (N-methyl/N-ethyl adjacent to an activating group) is 1. The third kappa shape index (κ3) is 5.26. The second kappa shape index (κ2) is 7.74. The van der Waals surface area contributed by atoms with Crippen LogP contribution in [0.2, 0.25) is 0 Å². The molecule has 0 aliphatic heterocycles. The molecular formula is C14H20FNO3. The van der Waals surface area contributed by atoms with Crippen molar-refractivity contribution in [1.82, 2.24) is 4.90 Å². The lowest BCUT2D eigenvalue weighted by molar-refractivity contribution is -0.144. The van der Waals surface area contributed by atoms with Crippen LogP contribution in [0.1, 0.15) is 19.4 Å². The summed E-state index contributed by atoms with van der Waals surface area (Å²) >= 11 is 0. The molecule has 19 heavy (non-hydrogen) atoms. The van der Waals surface area contributed by atoms with Crippen LogP contribution >= 0.6 is 0 Å². The number of benzene rings is 1. The van der Waals surface area contributed by atoms with Gasteiger partial charge in [0.15, 0.2) is 11.6 Å². The van der Waals surface area contributed by atoms with Gasteiger partial charge in [-0.2, -0.15) is 0 Å². The van der Waals surface area contributed by atoms with Crippen molar-refractivity contribution < 1.29 is 18.7 Å². The summed E-state index contributed by atoms with van der Waals surface area (Å²) in [5.74, 6) is -0.417. The van der Waals surface area contributed by atoms with Gasteiger partial charge in [0.05, 0.1) is 19.8 Å². The highest BCUT2D eigenvalue weighted by Gasteiger charge is 2.09. The predicted molar refractivity (Wildman–Crippen MR) is 70.5 cm³/mol. The SMILES string of the molecule is CCOC(=O)CN(C)Cc1ccc(OCC)c(F)c1. The largest absolute Gasteiger partial charge is 0.491 e. The van der Waals surface area contributed by atoms with Crippen molar-refractivity contribution in [2.75, 3.05) is 26.8 Å². The average Bonchev–Trinajstić information content (AvgIpc) is 2.32. The van der Waals surface area contributed by atoms with Crippen LogP contribution in [0.15, 0.2) is 18.2 Å². The number of hydrogen-bond donors (Lipinski definition) is 0. The molecule has 0 N–H and O–H groups in total. The molecule has 0 heterocycles. The number of esters is 1. The molecule has 0 saturated heterocycles. The maximum absolute atomic E-state index is 13.6. The number of hydrogen-bond acceptors (Lipinski definition) is 4. The van der Waals surface area contributed by atoms with Gasteiger partial charge in [-0.15, -0.1) is 0 Å². The summed E-state index contributed by atoms with van der Waals surface area (Å²) in [6.45, 7) is 5.02. The second-order valence-electron chi connectivity index (χ2n) is 4.18. The topological polar surface area (TPSA) is 38.8 Å². The van der Waals surface area contributed by atoms with E-state index in [1.54, 1.807) is 37.9 Å². The first-order valence-corrected chi connectivity index (χ1v) is 6.32. The molecule has 1 rings (SSSR count). The van der Waals surface area contributed by atoms with Crippen LogP contribution in [0.4, 0.5) is 4.39 Å². The number of carbonyl (C=O) groups excluding carboxylic acids is 1. The van der Waals surface area contributed by atoms with Gasteiger partial charge >= 0.3 is 5.97 Å². The lowest BCUT2D eigenvalue weighted by atomic mass is 10.2. The van der Waals surface area contributed by atoms with E-state index in [0.29, 0.717) is 19.8 Å². The average molecular weight is 269 g/mol. The Hall–Kier alpha value is -1.62. The van der Waals surface area contributed by atoms with E-state index in [1.165, 1.54) is 6.07 Å². The molecular weight excluding hydrogens is 249 g/mol. The molecule has 0 spiro atoms. The summed E-state index contributed by atoms with van der Waals surface area (Å²) in [5, 5.41) is 0. The first-order chi connectivity index (χ1) is 9.06. The Labute approximate surface area is 113 Å². The molecule has 0 unspecified atom stereocenters. The standard InChI is InChI=1S/C14H20FNO3/c1-4-18-13-7-6-11(8-12(13)15)9-16(3)10-14(17)19-5-2/h6-8H,4-5,9-10H2,1-3H3. The van der Waals surface area contributed by atoms with E-state index in [1.807, 2.05) is 0 Å². The number of halogens is 1. The monoisotopic (exact) mass is 269 g/mol. The number of rotatable bonds is 7. The molecule has 0 amide bonds. The van der Waals surface area contributed by atoms with E-state index in [2.05, 4.69) is 0 Å². The van der Waals surface area contributed by atoms with Crippen molar-refractivity contribution >= 4 is 5.97 Å². The number of nitrogens with zero attached hydrogens (tertiary/aromatic N) is 1. The van der Waals surface area contributed by atoms with Crippen molar-refractivity contribution in [2.24, 2.45) is 0 Å². The van der Waals surface area contributed by atoms with Crippen LogP contribution < -0.4 is 4.74 Å². The van der Waals surface area contributed by atoms with Gasteiger partial charge < -0.3 is 9.47 Å². The van der Waals surface area contributed by atoms with Crippen molar-refractivity contribution in [2.45, 2.75) is 20.4 Å². The molecule has 106 valence electrons. The van der Waals surface area contributed by atoms with E-state index in [-0.39, 0.29) is 24.1 Å². The highest BCUT2D eigenvalue weighted by Crippen LogP contribution is 2.19. The third-order valence-electron chi connectivity index (χ3n) is 2.45. The minimum atomic E-state index is -0.385. The Morgan fingerprint density at radius 2 is 2.05 bits per heavy atom.